The van der Waals surface area contributed by atoms with Gasteiger partial charge in [0.05, 0.1) is 5.92 Å². The Labute approximate surface area is 80.8 Å². The van der Waals surface area contributed by atoms with E-state index in [0.717, 1.165) is 0 Å². The van der Waals surface area contributed by atoms with Gasteiger partial charge in [-0.2, -0.15) is 0 Å². The first kappa shape index (κ1) is 10.5. The number of alkyl halides is 1. The summed E-state index contributed by atoms with van der Waals surface area (Å²) in [6, 6.07) is 6.07. The molecule has 1 atom stereocenters. The molecule has 0 aromatic heterocycles. The molecule has 1 unspecified atom stereocenters. The fourth-order valence-electron chi connectivity index (χ4n) is 1.12. The zero-order valence-electron chi connectivity index (χ0n) is 7.48. The van der Waals surface area contributed by atoms with E-state index < -0.39 is 18.6 Å². The summed E-state index contributed by atoms with van der Waals surface area (Å²) in [6.45, 7) is -0.879. The van der Waals surface area contributed by atoms with E-state index >= 15 is 0 Å². The van der Waals surface area contributed by atoms with Crippen molar-refractivity contribution in [3.63, 3.8) is 0 Å². The van der Waals surface area contributed by atoms with Crippen molar-refractivity contribution in [2.75, 3.05) is 6.67 Å². The maximum Gasteiger partial charge on any atom is 0.309 e. The number of phenolic OH excluding ortho intramolecular Hbond substituents is 1. The monoisotopic (exact) mass is 198 g/mol. The summed E-state index contributed by atoms with van der Waals surface area (Å²) in [6.07, 6.45) is 0.145. The van der Waals surface area contributed by atoms with Crippen molar-refractivity contribution in [3.8, 4) is 5.75 Å². The molecule has 0 radical (unpaired) electrons. The van der Waals surface area contributed by atoms with Crippen LogP contribution >= 0.6 is 0 Å². The molecule has 0 aliphatic carbocycles. The molecule has 1 aromatic rings. The van der Waals surface area contributed by atoms with Gasteiger partial charge in [0.25, 0.3) is 0 Å². The van der Waals surface area contributed by atoms with E-state index in [9.17, 15) is 9.18 Å². The number of benzene rings is 1. The van der Waals surface area contributed by atoms with Crippen molar-refractivity contribution in [3.05, 3.63) is 29.8 Å². The second-order valence-electron chi connectivity index (χ2n) is 3.06. The van der Waals surface area contributed by atoms with Crippen LogP contribution in [0.4, 0.5) is 4.39 Å². The fourth-order valence-corrected chi connectivity index (χ4v) is 1.12. The van der Waals surface area contributed by atoms with Gasteiger partial charge < -0.3 is 10.2 Å². The smallest absolute Gasteiger partial charge is 0.309 e. The van der Waals surface area contributed by atoms with E-state index in [4.69, 9.17) is 10.2 Å². The van der Waals surface area contributed by atoms with Crippen LogP contribution in [0.1, 0.15) is 5.56 Å². The standard InChI is InChI=1S/C10H11FO3/c11-6-8(10(13)14)5-7-1-3-9(12)4-2-7/h1-4,8,12H,5-6H2,(H,13,14). The van der Waals surface area contributed by atoms with Crippen LogP contribution < -0.4 is 0 Å². The van der Waals surface area contributed by atoms with E-state index in [-0.39, 0.29) is 12.2 Å². The highest BCUT2D eigenvalue weighted by Crippen LogP contribution is 2.14. The predicted octanol–water partition coefficient (Wildman–Crippen LogP) is 1.60. The quantitative estimate of drug-likeness (QED) is 0.772. The average Bonchev–Trinajstić information content (AvgIpc) is 2.16. The molecule has 0 saturated carbocycles. The Morgan fingerprint density at radius 1 is 1.36 bits per heavy atom. The second-order valence-corrected chi connectivity index (χ2v) is 3.06. The van der Waals surface area contributed by atoms with Gasteiger partial charge in [-0.05, 0) is 24.1 Å². The van der Waals surface area contributed by atoms with Gasteiger partial charge in [0.1, 0.15) is 12.4 Å². The number of hydrogen-bond acceptors (Lipinski definition) is 2. The van der Waals surface area contributed by atoms with Gasteiger partial charge >= 0.3 is 5.97 Å². The lowest BCUT2D eigenvalue weighted by Gasteiger charge is -2.07. The molecule has 76 valence electrons. The molecule has 0 aliphatic rings. The lowest BCUT2D eigenvalue weighted by molar-refractivity contribution is -0.142. The van der Waals surface area contributed by atoms with Gasteiger partial charge in [-0.25, -0.2) is 0 Å². The molecule has 0 bridgehead atoms. The molecule has 1 aromatic carbocycles. The van der Waals surface area contributed by atoms with Gasteiger partial charge in [0, 0.05) is 0 Å². The summed E-state index contributed by atoms with van der Waals surface area (Å²) in [5.74, 6) is -2.03. The summed E-state index contributed by atoms with van der Waals surface area (Å²) in [5, 5.41) is 17.6. The first-order chi connectivity index (χ1) is 6.63. The van der Waals surface area contributed by atoms with Gasteiger partial charge in [0.15, 0.2) is 0 Å². The summed E-state index contributed by atoms with van der Waals surface area (Å²) in [5.41, 5.74) is 0.702. The van der Waals surface area contributed by atoms with Crippen molar-refractivity contribution in [2.24, 2.45) is 5.92 Å². The summed E-state index contributed by atoms with van der Waals surface area (Å²) in [7, 11) is 0. The van der Waals surface area contributed by atoms with Crippen molar-refractivity contribution in [1.29, 1.82) is 0 Å². The number of phenols is 1. The maximum atomic E-state index is 12.2. The molecule has 0 fully saturated rings. The number of halogens is 1. The number of rotatable bonds is 4. The topological polar surface area (TPSA) is 57.5 Å². The third-order valence-corrected chi connectivity index (χ3v) is 1.95. The Morgan fingerprint density at radius 3 is 2.36 bits per heavy atom. The summed E-state index contributed by atoms with van der Waals surface area (Å²) >= 11 is 0. The van der Waals surface area contributed by atoms with Gasteiger partial charge in [0.2, 0.25) is 0 Å². The molecular formula is C10H11FO3. The molecule has 0 aliphatic heterocycles. The van der Waals surface area contributed by atoms with Crippen molar-refractivity contribution < 1.29 is 19.4 Å². The molecule has 0 spiro atoms. The Kier molecular flexibility index (Phi) is 3.45. The van der Waals surface area contributed by atoms with Gasteiger partial charge in [-0.15, -0.1) is 0 Å². The number of carboxylic acids is 1. The largest absolute Gasteiger partial charge is 0.508 e. The van der Waals surface area contributed by atoms with Crippen LogP contribution in [0, 0.1) is 5.92 Å². The number of carbonyl (C=O) groups is 1. The minimum Gasteiger partial charge on any atom is -0.508 e. The van der Waals surface area contributed by atoms with Crippen LogP contribution in [-0.4, -0.2) is 22.9 Å². The molecule has 0 amide bonds. The van der Waals surface area contributed by atoms with Crippen LogP contribution in [0.2, 0.25) is 0 Å². The number of aromatic hydroxyl groups is 1. The van der Waals surface area contributed by atoms with E-state index in [1.807, 2.05) is 0 Å². The van der Waals surface area contributed by atoms with E-state index in [1.54, 1.807) is 12.1 Å². The van der Waals surface area contributed by atoms with E-state index in [2.05, 4.69) is 0 Å². The van der Waals surface area contributed by atoms with Crippen molar-refractivity contribution in [2.45, 2.75) is 6.42 Å². The lowest BCUT2D eigenvalue weighted by Crippen LogP contribution is -2.18. The highest BCUT2D eigenvalue weighted by Gasteiger charge is 2.17. The highest BCUT2D eigenvalue weighted by molar-refractivity contribution is 5.70. The molecular weight excluding hydrogens is 187 g/mol. The minimum atomic E-state index is -1.14. The molecule has 0 saturated heterocycles. The molecule has 1 rings (SSSR count). The van der Waals surface area contributed by atoms with E-state index in [1.165, 1.54) is 12.1 Å². The number of hydrogen-bond donors (Lipinski definition) is 2. The molecule has 0 heterocycles. The van der Waals surface area contributed by atoms with Crippen LogP contribution in [0.15, 0.2) is 24.3 Å². The van der Waals surface area contributed by atoms with E-state index in [0.29, 0.717) is 5.56 Å². The summed E-state index contributed by atoms with van der Waals surface area (Å²) in [4.78, 5) is 10.5. The first-order valence-corrected chi connectivity index (χ1v) is 4.20. The zero-order chi connectivity index (χ0) is 10.6. The Hall–Kier alpha value is -1.58. The Bertz CT molecular complexity index is 308. The second kappa shape index (κ2) is 4.60. The third-order valence-electron chi connectivity index (χ3n) is 1.95. The van der Waals surface area contributed by atoms with Crippen molar-refractivity contribution >= 4 is 5.97 Å². The zero-order valence-corrected chi connectivity index (χ0v) is 7.48. The van der Waals surface area contributed by atoms with Crippen LogP contribution in [-0.2, 0) is 11.2 Å². The van der Waals surface area contributed by atoms with Crippen LogP contribution in [0.3, 0.4) is 0 Å². The van der Waals surface area contributed by atoms with Crippen LogP contribution in [0.5, 0.6) is 5.75 Å². The highest BCUT2D eigenvalue weighted by atomic mass is 19.1. The lowest BCUT2D eigenvalue weighted by atomic mass is 10.0. The molecule has 4 heteroatoms. The van der Waals surface area contributed by atoms with Crippen molar-refractivity contribution in [1.82, 2.24) is 0 Å². The molecule has 14 heavy (non-hydrogen) atoms. The SMILES string of the molecule is O=C(O)C(CF)Cc1ccc(O)cc1. The Balaban J connectivity index is 2.67. The molecule has 3 nitrogen and oxygen atoms in total. The summed E-state index contributed by atoms with van der Waals surface area (Å²) < 4.78 is 12.2. The van der Waals surface area contributed by atoms with Gasteiger partial charge in [-0.3, -0.25) is 9.18 Å². The normalized spacial score (nSPS) is 12.4. The van der Waals surface area contributed by atoms with Crippen LogP contribution in [0.25, 0.3) is 0 Å². The first-order valence-electron chi connectivity index (χ1n) is 4.20. The third kappa shape index (κ3) is 2.73. The average molecular weight is 198 g/mol. The fraction of sp³-hybridized carbons (Fsp3) is 0.300. The Morgan fingerprint density at radius 2 is 1.93 bits per heavy atom. The minimum absolute atomic E-state index is 0.112. The number of carboxylic acid groups (broad SMARTS) is 1. The maximum absolute atomic E-state index is 12.2. The molecule has 2 N–H and O–H groups in total. The predicted molar refractivity (Wildman–Crippen MR) is 48.9 cm³/mol. The van der Waals surface area contributed by atoms with Gasteiger partial charge in [-0.1, -0.05) is 12.1 Å². The number of aliphatic carboxylic acids is 1.